The van der Waals surface area contributed by atoms with Crippen LogP contribution in [-0.4, -0.2) is 17.8 Å². The molecule has 1 amide bonds. The second kappa shape index (κ2) is 9.66. The Hall–Kier alpha value is -0.240. The first-order valence-electron chi connectivity index (χ1n) is 7.27. The summed E-state index contributed by atoms with van der Waals surface area (Å²) in [5, 5.41) is 3.13. The van der Waals surface area contributed by atoms with Crippen molar-refractivity contribution in [3.63, 3.8) is 0 Å². The molecule has 108 valence electrons. The number of hydrogen-bond donors (Lipinski definition) is 1. The van der Waals surface area contributed by atoms with Crippen molar-refractivity contribution in [1.29, 1.82) is 0 Å². The summed E-state index contributed by atoms with van der Waals surface area (Å²) in [6, 6.07) is 0.179. The quantitative estimate of drug-likeness (QED) is 0.487. The monoisotopic (exact) mass is 275 g/mol. The normalized spacial score (nSPS) is 13.4. The third kappa shape index (κ3) is 8.79. The van der Waals surface area contributed by atoms with Gasteiger partial charge < -0.3 is 5.32 Å². The van der Waals surface area contributed by atoms with E-state index in [2.05, 4.69) is 33.0 Å². The molecule has 3 heteroatoms. The first-order chi connectivity index (χ1) is 8.41. The maximum atomic E-state index is 11.9. The summed E-state index contributed by atoms with van der Waals surface area (Å²) in [6.07, 6.45) is 7.42. The van der Waals surface area contributed by atoms with Crippen molar-refractivity contribution in [3.05, 3.63) is 0 Å². The highest BCUT2D eigenvalue weighted by Gasteiger charge is 2.25. The number of alkyl halides is 1. The van der Waals surface area contributed by atoms with Crippen LogP contribution in [-0.2, 0) is 4.79 Å². The van der Waals surface area contributed by atoms with Gasteiger partial charge in [0.05, 0.1) is 0 Å². The minimum atomic E-state index is 0.0762. The van der Waals surface area contributed by atoms with Crippen LogP contribution in [0.3, 0.4) is 0 Å². The van der Waals surface area contributed by atoms with Crippen LogP contribution in [0.5, 0.6) is 0 Å². The Morgan fingerprint density at radius 2 is 1.78 bits per heavy atom. The van der Waals surface area contributed by atoms with Crippen LogP contribution in [0.1, 0.15) is 72.6 Å². The number of carbonyl (C=O) groups is 1. The average molecular weight is 276 g/mol. The van der Waals surface area contributed by atoms with E-state index in [1.165, 1.54) is 19.3 Å². The van der Waals surface area contributed by atoms with Crippen LogP contribution in [0, 0.1) is 5.41 Å². The summed E-state index contributed by atoms with van der Waals surface area (Å²) >= 11 is 5.80. The standard InChI is InChI=1S/C15H30ClNO/c1-5-6-7-8-9-10-14(18)17-13(11-12-16)15(2,3)4/h13H,5-12H2,1-4H3,(H,17,18). The lowest BCUT2D eigenvalue weighted by Crippen LogP contribution is -2.43. The fourth-order valence-electron chi connectivity index (χ4n) is 1.99. The van der Waals surface area contributed by atoms with E-state index < -0.39 is 0 Å². The minimum absolute atomic E-state index is 0.0762. The molecule has 0 aromatic heterocycles. The van der Waals surface area contributed by atoms with Crippen LogP contribution >= 0.6 is 11.6 Å². The SMILES string of the molecule is CCCCCCCC(=O)NC(CCCl)C(C)(C)C. The molecule has 0 aliphatic heterocycles. The van der Waals surface area contributed by atoms with Gasteiger partial charge in [-0.1, -0.05) is 53.4 Å². The maximum Gasteiger partial charge on any atom is 0.220 e. The van der Waals surface area contributed by atoms with Gasteiger partial charge in [-0.25, -0.2) is 0 Å². The van der Waals surface area contributed by atoms with Crippen molar-refractivity contribution >= 4 is 17.5 Å². The Bertz CT molecular complexity index is 223. The summed E-state index contributed by atoms with van der Waals surface area (Å²) in [5.74, 6) is 0.773. The molecule has 0 aromatic rings. The van der Waals surface area contributed by atoms with Crippen molar-refractivity contribution in [2.75, 3.05) is 5.88 Å². The fraction of sp³-hybridized carbons (Fsp3) is 0.933. The molecular weight excluding hydrogens is 246 g/mol. The zero-order chi connectivity index (χ0) is 14.0. The van der Waals surface area contributed by atoms with E-state index in [4.69, 9.17) is 11.6 Å². The fourth-order valence-corrected chi connectivity index (χ4v) is 2.20. The minimum Gasteiger partial charge on any atom is -0.353 e. The summed E-state index contributed by atoms with van der Waals surface area (Å²) in [6.45, 7) is 8.63. The van der Waals surface area contributed by atoms with Crippen molar-refractivity contribution in [3.8, 4) is 0 Å². The summed E-state index contributed by atoms with van der Waals surface area (Å²) in [4.78, 5) is 11.9. The number of amides is 1. The number of rotatable bonds is 9. The number of halogens is 1. The Morgan fingerprint density at radius 1 is 1.17 bits per heavy atom. The maximum absolute atomic E-state index is 11.9. The van der Waals surface area contributed by atoms with E-state index in [1.807, 2.05) is 0 Å². The van der Waals surface area contributed by atoms with E-state index >= 15 is 0 Å². The van der Waals surface area contributed by atoms with Gasteiger partial charge in [0, 0.05) is 18.3 Å². The molecule has 0 spiro atoms. The van der Waals surface area contributed by atoms with E-state index in [0.29, 0.717) is 12.3 Å². The highest BCUT2D eigenvalue weighted by Crippen LogP contribution is 2.22. The molecule has 1 unspecified atom stereocenters. The van der Waals surface area contributed by atoms with Gasteiger partial charge in [0.15, 0.2) is 0 Å². The summed E-state index contributed by atoms with van der Waals surface area (Å²) < 4.78 is 0. The molecule has 0 bridgehead atoms. The Morgan fingerprint density at radius 3 is 2.28 bits per heavy atom. The zero-order valence-electron chi connectivity index (χ0n) is 12.5. The molecule has 1 atom stereocenters. The molecule has 1 N–H and O–H groups in total. The van der Waals surface area contributed by atoms with Crippen LogP contribution in [0.2, 0.25) is 0 Å². The van der Waals surface area contributed by atoms with Gasteiger partial charge in [0.2, 0.25) is 5.91 Å². The van der Waals surface area contributed by atoms with Gasteiger partial charge in [0.1, 0.15) is 0 Å². The predicted octanol–water partition coefficient (Wildman–Crippen LogP) is 4.51. The van der Waals surface area contributed by atoms with E-state index in [9.17, 15) is 4.79 Å². The topological polar surface area (TPSA) is 29.1 Å². The molecule has 0 radical (unpaired) electrons. The smallest absolute Gasteiger partial charge is 0.220 e. The molecule has 0 rings (SSSR count). The van der Waals surface area contributed by atoms with Crippen LogP contribution in [0.25, 0.3) is 0 Å². The predicted molar refractivity (Wildman–Crippen MR) is 80.1 cm³/mol. The van der Waals surface area contributed by atoms with Gasteiger partial charge in [-0.15, -0.1) is 11.6 Å². The number of nitrogens with one attached hydrogen (secondary N) is 1. The molecule has 0 aliphatic carbocycles. The molecule has 2 nitrogen and oxygen atoms in total. The Kier molecular flexibility index (Phi) is 9.53. The van der Waals surface area contributed by atoms with Crippen molar-refractivity contribution in [1.82, 2.24) is 5.32 Å². The third-order valence-corrected chi connectivity index (χ3v) is 3.50. The van der Waals surface area contributed by atoms with Gasteiger partial charge in [-0.05, 0) is 18.3 Å². The van der Waals surface area contributed by atoms with Crippen molar-refractivity contribution in [2.24, 2.45) is 5.41 Å². The first-order valence-corrected chi connectivity index (χ1v) is 7.80. The highest BCUT2D eigenvalue weighted by atomic mass is 35.5. The van der Waals surface area contributed by atoms with Gasteiger partial charge in [-0.3, -0.25) is 4.79 Å². The zero-order valence-corrected chi connectivity index (χ0v) is 13.3. The number of hydrogen-bond acceptors (Lipinski definition) is 1. The largest absolute Gasteiger partial charge is 0.353 e. The second-order valence-electron chi connectivity index (χ2n) is 6.13. The summed E-state index contributed by atoms with van der Waals surface area (Å²) in [5.41, 5.74) is 0.0762. The van der Waals surface area contributed by atoms with Crippen LogP contribution in [0.15, 0.2) is 0 Å². The van der Waals surface area contributed by atoms with Gasteiger partial charge >= 0.3 is 0 Å². The van der Waals surface area contributed by atoms with Crippen molar-refractivity contribution in [2.45, 2.75) is 78.7 Å². The van der Waals surface area contributed by atoms with E-state index in [-0.39, 0.29) is 17.4 Å². The Balaban J connectivity index is 3.89. The summed E-state index contributed by atoms with van der Waals surface area (Å²) in [7, 11) is 0. The second-order valence-corrected chi connectivity index (χ2v) is 6.51. The average Bonchev–Trinajstić information content (AvgIpc) is 2.27. The number of carbonyl (C=O) groups excluding carboxylic acids is 1. The molecular formula is C15H30ClNO. The molecule has 0 aliphatic rings. The van der Waals surface area contributed by atoms with Gasteiger partial charge in [-0.2, -0.15) is 0 Å². The van der Waals surface area contributed by atoms with Gasteiger partial charge in [0.25, 0.3) is 0 Å². The highest BCUT2D eigenvalue weighted by molar-refractivity contribution is 6.17. The Labute approximate surface area is 118 Å². The third-order valence-electron chi connectivity index (χ3n) is 3.29. The molecule has 0 fully saturated rings. The molecule has 18 heavy (non-hydrogen) atoms. The lowest BCUT2D eigenvalue weighted by atomic mass is 9.85. The lowest BCUT2D eigenvalue weighted by Gasteiger charge is -2.31. The molecule has 0 aromatic carbocycles. The van der Waals surface area contributed by atoms with E-state index in [1.54, 1.807) is 0 Å². The molecule has 0 saturated heterocycles. The lowest BCUT2D eigenvalue weighted by molar-refractivity contribution is -0.122. The van der Waals surface area contributed by atoms with Crippen molar-refractivity contribution < 1.29 is 4.79 Å². The van der Waals surface area contributed by atoms with Crippen LogP contribution in [0.4, 0.5) is 0 Å². The first kappa shape index (κ1) is 17.8. The van der Waals surface area contributed by atoms with Crippen LogP contribution < -0.4 is 5.32 Å². The molecule has 0 heterocycles. The molecule has 0 saturated carbocycles. The van der Waals surface area contributed by atoms with E-state index in [0.717, 1.165) is 19.3 Å². The number of unbranched alkanes of at least 4 members (excludes halogenated alkanes) is 4.